The molecule has 6 nitrogen and oxygen atoms in total. The topological polar surface area (TPSA) is 98.3 Å². The van der Waals surface area contributed by atoms with Crippen molar-refractivity contribution in [3.8, 4) is 0 Å². The number of nitrogens with two attached hydrogens (primary N) is 1. The second-order valence-corrected chi connectivity index (χ2v) is 5.76. The zero-order valence-electron chi connectivity index (χ0n) is 13.0. The summed E-state index contributed by atoms with van der Waals surface area (Å²) in [6, 6.07) is 3.11. The van der Waals surface area contributed by atoms with Crippen LogP contribution in [-0.4, -0.2) is 17.4 Å². The third-order valence-electron chi connectivity index (χ3n) is 3.41. The molecule has 1 atom stereocenters. The van der Waals surface area contributed by atoms with Gasteiger partial charge in [0.05, 0.1) is 16.5 Å². The summed E-state index contributed by atoms with van der Waals surface area (Å²) in [7, 11) is 0. The number of anilines is 1. The van der Waals surface area contributed by atoms with E-state index in [1.807, 2.05) is 20.8 Å². The first-order valence-corrected chi connectivity index (χ1v) is 7.02. The highest BCUT2D eigenvalue weighted by Gasteiger charge is 2.20. The number of nitrogens with one attached hydrogen (secondary N) is 1. The lowest BCUT2D eigenvalue weighted by molar-refractivity contribution is -0.385. The van der Waals surface area contributed by atoms with Crippen molar-refractivity contribution in [3.05, 3.63) is 33.4 Å². The molecule has 116 valence electrons. The molecule has 0 radical (unpaired) electrons. The Labute approximate surface area is 124 Å². The van der Waals surface area contributed by atoms with Gasteiger partial charge in [-0.15, -0.1) is 0 Å². The van der Waals surface area contributed by atoms with Gasteiger partial charge in [-0.2, -0.15) is 0 Å². The van der Waals surface area contributed by atoms with Gasteiger partial charge in [0.1, 0.15) is 0 Å². The Balaban J connectivity index is 2.99. The lowest BCUT2D eigenvalue weighted by Crippen LogP contribution is -2.30. The fourth-order valence-corrected chi connectivity index (χ4v) is 2.29. The summed E-state index contributed by atoms with van der Waals surface area (Å²) in [6.07, 6.45) is 0.690. The molecule has 1 aromatic rings. The molecular weight excluding hydrogens is 270 g/mol. The fraction of sp³-hybridized carbons (Fsp3) is 0.533. The Hall–Kier alpha value is -1.95. The van der Waals surface area contributed by atoms with Crippen LogP contribution in [0.15, 0.2) is 12.1 Å². The molecule has 1 rings (SSSR count). The monoisotopic (exact) mass is 293 g/mol. The highest BCUT2D eigenvalue weighted by atomic mass is 16.6. The molecule has 0 spiro atoms. The van der Waals surface area contributed by atoms with Gasteiger partial charge in [0.2, 0.25) is 5.91 Å². The van der Waals surface area contributed by atoms with Crippen LogP contribution < -0.4 is 11.1 Å². The van der Waals surface area contributed by atoms with Crippen LogP contribution in [0.25, 0.3) is 0 Å². The van der Waals surface area contributed by atoms with E-state index in [1.54, 1.807) is 13.0 Å². The molecule has 0 saturated heterocycles. The summed E-state index contributed by atoms with van der Waals surface area (Å²) in [4.78, 5) is 22.8. The van der Waals surface area contributed by atoms with E-state index in [0.717, 1.165) is 5.56 Å². The molecule has 0 aliphatic heterocycles. The number of amides is 1. The normalized spacial score (nSPS) is 12.3. The van der Waals surface area contributed by atoms with E-state index in [4.69, 9.17) is 5.73 Å². The molecule has 6 heteroatoms. The molecule has 1 unspecified atom stereocenters. The van der Waals surface area contributed by atoms with Gasteiger partial charge in [0.15, 0.2) is 0 Å². The quantitative estimate of drug-likeness (QED) is 0.622. The number of nitro groups is 1. The van der Waals surface area contributed by atoms with E-state index in [9.17, 15) is 14.9 Å². The first kappa shape index (κ1) is 17.1. The smallest absolute Gasteiger partial charge is 0.274 e. The van der Waals surface area contributed by atoms with E-state index in [2.05, 4.69) is 5.32 Å². The molecule has 0 bridgehead atoms. The standard InChI is InChI=1S/C15H23N3O3/c1-9(2)5-12(8-16)15(19)17-13-7-14(18(20)21)11(4)6-10(13)3/h6-7,9,12H,5,8,16H2,1-4H3,(H,17,19). The van der Waals surface area contributed by atoms with Crippen molar-refractivity contribution in [2.24, 2.45) is 17.6 Å². The minimum absolute atomic E-state index is 0.00376. The van der Waals surface area contributed by atoms with Gasteiger partial charge in [-0.1, -0.05) is 13.8 Å². The highest BCUT2D eigenvalue weighted by molar-refractivity contribution is 5.93. The van der Waals surface area contributed by atoms with Crippen molar-refractivity contribution < 1.29 is 9.72 Å². The number of hydrogen-bond donors (Lipinski definition) is 2. The minimum atomic E-state index is -0.445. The maximum Gasteiger partial charge on any atom is 0.274 e. The fourth-order valence-electron chi connectivity index (χ4n) is 2.29. The Morgan fingerprint density at radius 2 is 1.95 bits per heavy atom. The van der Waals surface area contributed by atoms with Crippen LogP contribution in [-0.2, 0) is 4.79 Å². The molecule has 3 N–H and O–H groups in total. The van der Waals surface area contributed by atoms with E-state index in [-0.39, 0.29) is 24.1 Å². The van der Waals surface area contributed by atoms with Crippen molar-refractivity contribution in [1.82, 2.24) is 0 Å². The molecule has 0 aromatic heterocycles. The van der Waals surface area contributed by atoms with Gasteiger partial charge in [-0.3, -0.25) is 14.9 Å². The predicted molar refractivity (Wildman–Crippen MR) is 83.2 cm³/mol. The molecule has 1 amide bonds. The number of hydrogen-bond acceptors (Lipinski definition) is 4. The minimum Gasteiger partial charge on any atom is -0.330 e. The number of carbonyl (C=O) groups is 1. The molecule has 21 heavy (non-hydrogen) atoms. The van der Waals surface area contributed by atoms with Crippen LogP contribution in [0.4, 0.5) is 11.4 Å². The van der Waals surface area contributed by atoms with Gasteiger partial charge >= 0.3 is 0 Å². The van der Waals surface area contributed by atoms with E-state index >= 15 is 0 Å². The summed E-state index contributed by atoms with van der Waals surface area (Å²) in [5.74, 6) is -0.116. The van der Waals surface area contributed by atoms with Crippen LogP contribution in [0.3, 0.4) is 0 Å². The number of benzene rings is 1. The Kier molecular flexibility index (Phi) is 5.84. The van der Waals surface area contributed by atoms with Crippen molar-refractivity contribution >= 4 is 17.3 Å². The van der Waals surface area contributed by atoms with Crippen molar-refractivity contribution in [3.63, 3.8) is 0 Å². The number of nitrogens with zero attached hydrogens (tertiary/aromatic N) is 1. The van der Waals surface area contributed by atoms with Crippen LogP contribution in [0.2, 0.25) is 0 Å². The molecule has 0 aliphatic rings. The van der Waals surface area contributed by atoms with Crippen LogP contribution in [0.5, 0.6) is 0 Å². The van der Waals surface area contributed by atoms with Gasteiger partial charge in [0.25, 0.3) is 5.69 Å². The largest absolute Gasteiger partial charge is 0.330 e. The van der Waals surface area contributed by atoms with Crippen LogP contribution in [0.1, 0.15) is 31.4 Å². The Morgan fingerprint density at radius 1 is 1.33 bits per heavy atom. The van der Waals surface area contributed by atoms with E-state index in [1.165, 1.54) is 6.07 Å². The molecule has 1 aromatic carbocycles. The molecule has 0 aliphatic carbocycles. The first-order chi connectivity index (χ1) is 9.76. The van der Waals surface area contributed by atoms with Gasteiger partial charge in [0, 0.05) is 18.2 Å². The van der Waals surface area contributed by atoms with E-state index in [0.29, 0.717) is 23.6 Å². The van der Waals surface area contributed by atoms with Gasteiger partial charge in [-0.05, 0) is 37.8 Å². The van der Waals surface area contributed by atoms with Crippen LogP contribution >= 0.6 is 0 Å². The third kappa shape index (κ3) is 4.53. The summed E-state index contributed by atoms with van der Waals surface area (Å²) in [5, 5.41) is 13.7. The molecule has 0 fully saturated rings. The van der Waals surface area contributed by atoms with Gasteiger partial charge < -0.3 is 11.1 Å². The van der Waals surface area contributed by atoms with Gasteiger partial charge in [-0.25, -0.2) is 0 Å². The summed E-state index contributed by atoms with van der Waals surface area (Å²) in [5.41, 5.74) is 7.50. The second kappa shape index (κ2) is 7.17. The van der Waals surface area contributed by atoms with E-state index < -0.39 is 4.92 Å². The number of nitro benzene ring substituents is 1. The third-order valence-corrected chi connectivity index (χ3v) is 3.41. The van der Waals surface area contributed by atoms with Crippen molar-refractivity contribution in [2.75, 3.05) is 11.9 Å². The number of rotatable bonds is 6. The maximum atomic E-state index is 12.2. The molecular formula is C15H23N3O3. The SMILES string of the molecule is Cc1cc(C)c([N+](=O)[O-])cc1NC(=O)C(CN)CC(C)C. The average molecular weight is 293 g/mol. The summed E-state index contributed by atoms with van der Waals surface area (Å²) >= 11 is 0. The maximum absolute atomic E-state index is 12.2. The lowest BCUT2D eigenvalue weighted by Gasteiger charge is -2.18. The zero-order chi connectivity index (χ0) is 16.2. The first-order valence-electron chi connectivity index (χ1n) is 7.02. The van der Waals surface area contributed by atoms with Crippen molar-refractivity contribution in [2.45, 2.75) is 34.1 Å². The molecule has 0 saturated carbocycles. The number of aryl methyl sites for hydroxylation is 2. The summed E-state index contributed by atoms with van der Waals surface area (Å²) in [6.45, 7) is 7.80. The average Bonchev–Trinajstić information content (AvgIpc) is 2.38. The second-order valence-electron chi connectivity index (χ2n) is 5.76. The van der Waals surface area contributed by atoms with Crippen molar-refractivity contribution in [1.29, 1.82) is 0 Å². The Bertz CT molecular complexity index is 541. The lowest BCUT2D eigenvalue weighted by atomic mass is 9.96. The highest BCUT2D eigenvalue weighted by Crippen LogP contribution is 2.27. The summed E-state index contributed by atoms with van der Waals surface area (Å²) < 4.78 is 0. The number of carbonyl (C=O) groups excluding carboxylic acids is 1. The molecule has 0 heterocycles. The predicted octanol–water partition coefficient (Wildman–Crippen LogP) is 2.77. The van der Waals surface area contributed by atoms with Crippen LogP contribution in [0, 0.1) is 35.8 Å². The Morgan fingerprint density at radius 3 is 2.43 bits per heavy atom. The zero-order valence-corrected chi connectivity index (χ0v) is 13.0.